The van der Waals surface area contributed by atoms with Gasteiger partial charge in [-0.25, -0.2) is 4.79 Å². The predicted octanol–water partition coefficient (Wildman–Crippen LogP) is 2.23. The molecule has 1 aromatic carbocycles. The van der Waals surface area contributed by atoms with E-state index in [9.17, 15) is 4.79 Å². The van der Waals surface area contributed by atoms with Crippen molar-refractivity contribution in [2.75, 3.05) is 6.61 Å². The molecule has 0 fully saturated rings. The largest absolute Gasteiger partial charge is 0.514 e. The SMILES string of the molecule is CC#CCOC(=O)Oc1ccccc1. The lowest BCUT2D eigenvalue weighted by Crippen LogP contribution is -2.10. The van der Waals surface area contributed by atoms with Gasteiger partial charge in [0, 0.05) is 0 Å². The third-order valence-corrected chi connectivity index (χ3v) is 1.38. The van der Waals surface area contributed by atoms with E-state index < -0.39 is 6.16 Å². The van der Waals surface area contributed by atoms with Crippen LogP contribution in [0.5, 0.6) is 5.75 Å². The molecule has 0 spiro atoms. The smallest absolute Gasteiger partial charge is 0.421 e. The Bertz CT molecular complexity index is 346. The van der Waals surface area contributed by atoms with Crippen LogP contribution < -0.4 is 4.74 Å². The van der Waals surface area contributed by atoms with Gasteiger partial charge in [-0.2, -0.15) is 0 Å². The number of hydrogen-bond acceptors (Lipinski definition) is 3. The van der Waals surface area contributed by atoms with Crippen molar-refractivity contribution in [2.24, 2.45) is 0 Å². The monoisotopic (exact) mass is 190 g/mol. The van der Waals surface area contributed by atoms with E-state index in [1.54, 1.807) is 31.2 Å². The lowest BCUT2D eigenvalue weighted by Gasteiger charge is -2.02. The molecule has 0 saturated carbocycles. The van der Waals surface area contributed by atoms with Crippen LogP contribution in [0.2, 0.25) is 0 Å². The van der Waals surface area contributed by atoms with E-state index in [4.69, 9.17) is 4.74 Å². The van der Waals surface area contributed by atoms with Gasteiger partial charge in [-0.1, -0.05) is 24.1 Å². The van der Waals surface area contributed by atoms with Crippen molar-refractivity contribution in [2.45, 2.75) is 6.92 Å². The fourth-order valence-electron chi connectivity index (χ4n) is 0.781. The fraction of sp³-hybridized carbons (Fsp3) is 0.182. The lowest BCUT2D eigenvalue weighted by atomic mass is 10.3. The van der Waals surface area contributed by atoms with Crippen LogP contribution in [0.1, 0.15) is 6.92 Å². The van der Waals surface area contributed by atoms with E-state index in [0.717, 1.165) is 0 Å². The van der Waals surface area contributed by atoms with Gasteiger partial charge in [-0.15, -0.1) is 5.92 Å². The third kappa shape index (κ3) is 3.63. The van der Waals surface area contributed by atoms with Crippen molar-refractivity contribution in [1.82, 2.24) is 0 Å². The summed E-state index contributed by atoms with van der Waals surface area (Å²) in [5, 5.41) is 0. The van der Waals surface area contributed by atoms with Crippen LogP contribution in [0.25, 0.3) is 0 Å². The van der Waals surface area contributed by atoms with Crippen molar-refractivity contribution in [3.8, 4) is 17.6 Å². The van der Waals surface area contributed by atoms with Gasteiger partial charge in [0.2, 0.25) is 0 Å². The molecular weight excluding hydrogens is 180 g/mol. The summed E-state index contributed by atoms with van der Waals surface area (Å²) >= 11 is 0. The van der Waals surface area contributed by atoms with Crippen LogP contribution in [0.4, 0.5) is 4.79 Å². The van der Waals surface area contributed by atoms with Gasteiger partial charge in [-0.05, 0) is 19.1 Å². The van der Waals surface area contributed by atoms with Gasteiger partial charge in [0.25, 0.3) is 0 Å². The van der Waals surface area contributed by atoms with Crippen molar-refractivity contribution < 1.29 is 14.3 Å². The van der Waals surface area contributed by atoms with E-state index in [0.29, 0.717) is 5.75 Å². The van der Waals surface area contributed by atoms with E-state index in [1.807, 2.05) is 6.07 Å². The van der Waals surface area contributed by atoms with Gasteiger partial charge in [0.1, 0.15) is 5.75 Å². The summed E-state index contributed by atoms with van der Waals surface area (Å²) < 4.78 is 9.48. The summed E-state index contributed by atoms with van der Waals surface area (Å²) in [4.78, 5) is 11.0. The Morgan fingerprint density at radius 3 is 2.71 bits per heavy atom. The highest BCUT2D eigenvalue weighted by Crippen LogP contribution is 2.08. The molecule has 0 saturated heterocycles. The average molecular weight is 190 g/mol. The highest BCUT2D eigenvalue weighted by molar-refractivity contribution is 5.63. The number of hydrogen-bond donors (Lipinski definition) is 0. The van der Waals surface area contributed by atoms with Crippen LogP contribution in [-0.2, 0) is 4.74 Å². The highest BCUT2D eigenvalue weighted by atomic mass is 16.7. The van der Waals surface area contributed by atoms with Crippen molar-refractivity contribution in [3.05, 3.63) is 30.3 Å². The van der Waals surface area contributed by atoms with Crippen molar-refractivity contribution in [3.63, 3.8) is 0 Å². The summed E-state index contributed by atoms with van der Waals surface area (Å²) in [5.74, 6) is 5.66. The van der Waals surface area contributed by atoms with E-state index in [1.165, 1.54) is 0 Å². The first-order chi connectivity index (χ1) is 6.83. The zero-order chi connectivity index (χ0) is 10.2. The molecule has 1 rings (SSSR count). The van der Waals surface area contributed by atoms with Gasteiger partial charge in [0.15, 0.2) is 6.61 Å². The van der Waals surface area contributed by atoms with Gasteiger partial charge < -0.3 is 9.47 Å². The molecule has 0 aliphatic rings. The van der Waals surface area contributed by atoms with E-state index in [2.05, 4.69) is 16.6 Å². The standard InChI is InChI=1S/C11H10O3/c1-2-3-9-13-11(12)14-10-7-5-4-6-8-10/h4-8H,9H2,1H3. The van der Waals surface area contributed by atoms with E-state index >= 15 is 0 Å². The van der Waals surface area contributed by atoms with Crippen molar-refractivity contribution in [1.29, 1.82) is 0 Å². The van der Waals surface area contributed by atoms with Crippen LogP contribution in [0, 0.1) is 11.8 Å². The minimum atomic E-state index is -0.737. The first kappa shape index (κ1) is 10.1. The summed E-state index contributed by atoms with van der Waals surface area (Å²) in [7, 11) is 0. The minimum absolute atomic E-state index is 0.0577. The third-order valence-electron chi connectivity index (χ3n) is 1.38. The zero-order valence-electron chi connectivity index (χ0n) is 7.82. The molecule has 0 aromatic heterocycles. The molecule has 0 N–H and O–H groups in total. The lowest BCUT2D eigenvalue weighted by molar-refractivity contribution is 0.111. The minimum Gasteiger partial charge on any atom is -0.421 e. The number of carbonyl (C=O) groups excluding carboxylic acids is 1. The zero-order valence-corrected chi connectivity index (χ0v) is 7.82. The van der Waals surface area contributed by atoms with Gasteiger partial charge in [-0.3, -0.25) is 0 Å². The first-order valence-electron chi connectivity index (χ1n) is 4.12. The Balaban J connectivity index is 2.37. The number of para-hydroxylation sites is 1. The topological polar surface area (TPSA) is 35.5 Å². The molecule has 0 aliphatic carbocycles. The Labute approximate surface area is 82.6 Å². The number of benzene rings is 1. The maximum Gasteiger partial charge on any atom is 0.514 e. The molecule has 0 unspecified atom stereocenters. The maximum absolute atomic E-state index is 11.0. The summed E-state index contributed by atoms with van der Waals surface area (Å²) in [5.41, 5.74) is 0. The van der Waals surface area contributed by atoms with Gasteiger partial charge >= 0.3 is 6.16 Å². The second-order valence-corrected chi connectivity index (χ2v) is 2.38. The second kappa shape index (κ2) is 5.65. The second-order valence-electron chi connectivity index (χ2n) is 2.38. The summed E-state index contributed by atoms with van der Waals surface area (Å²) in [6.07, 6.45) is -0.737. The number of carbonyl (C=O) groups is 1. The fourth-order valence-corrected chi connectivity index (χ4v) is 0.781. The van der Waals surface area contributed by atoms with Crippen LogP contribution in [0.3, 0.4) is 0 Å². The van der Waals surface area contributed by atoms with Crippen LogP contribution >= 0.6 is 0 Å². The molecule has 3 heteroatoms. The quantitative estimate of drug-likeness (QED) is 0.407. The summed E-state index contributed by atoms with van der Waals surface area (Å²) in [6, 6.07) is 8.73. The molecule has 0 heterocycles. The maximum atomic E-state index is 11.0. The molecule has 14 heavy (non-hydrogen) atoms. The number of rotatable bonds is 2. The highest BCUT2D eigenvalue weighted by Gasteiger charge is 2.03. The normalized spacial score (nSPS) is 8.36. The Kier molecular flexibility index (Phi) is 4.09. The van der Waals surface area contributed by atoms with Gasteiger partial charge in [0.05, 0.1) is 0 Å². The van der Waals surface area contributed by atoms with Crippen LogP contribution in [0.15, 0.2) is 30.3 Å². The Hall–Kier alpha value is -1.95. The molecule has 0 radical (unpaired) electrons. The molecule has 72 valence electrons. The molecule has 0 atom stereocenters. The molecule has 0 bridgehead atoms. The summed E-state index contributed by atoms with van der Waals surface area (Å²) in [6.45, 7) is 1.73. The van der Waals surface area contributed by atoms with E-state index in [-0.39, 0.29) is 6.61 Å². The molecule has 0 aliphatic heterocycles. The molecule has 0 amide bonds. The Morgan fingerprint density at radius 2 is 2.07 bits per heavy atom. The average Bonchev–Trinajstić information content (AvgIpc) is 2.20. The molecule has 1 aromatic rings. The molecule has 3 nitrogen and oxygen atoms in total. The number of ether oxygens (including phenoxy) is 2. The van der Waals surface area contributed by atoms with Crippen molar-refractivity contribution >= 4 is 6.16 Å². The Morgan fingerprint density at radius 1 is 1.36 bits per heavy atom. The first-order valence-corrected chi connectivity index (χ1v) is 4.12. The van der Waals surface area contributed by atoms with Crippen LogP contribution in [-0.4, -0.2) is 12.8 Å². The molecular formula is C11H10O3. The predicted molar refractivity (Wildman–Crippen MR) is 51.9 cm³/mol.